The van der Waals surface area contributed by atoms with E-state index in [1.165, 1.54) is 6.08 Å². The molecule has 0 bridgehead atoms. The zero-order valence-corrected chi connectivity index (χ0v) is 10.9. The van der Waals surface area contributed by atoms with Crippen LogP contribution in [0.1, 0.15) is 13.8 Å². The first kappa shape index (κ1) is 18.4. The van der Waals surface area contributed by atoms with E-state index in [4.69, 9.17) is 5.11 Å². The van der Waals surface area contributed by atoms with Crippen molar-refractivity contribution in [1.82, 2.24) is 0 Å². The van der Waals surface area contributed by atoms with Crippen LogP contribution in [0, 0.1) is 0 Å². The molecule has 0 unspecified atom stereocenters. The SMILES string of the molecule is CC=CC=CC(=O)[O-].CCO.[K+]. The van der Waals surface area contributed by atoms with Crippen molar-refractivity contribution in [3.8, 4) is 0 Å². The van der Waals surface area contributed by atoms with Crippen molar-refractivity contribution in [3.63, 3.8) is 0 Å². The molecule has 0 aliphatic heterocycles. The van der Waals surface area contributed by atoms with Crippen molar-refractivity contribution in [2.75, 3.05) is 6.61 Å². The summed E-state index contributed by atoms with van der Waals surface area (Å²) in [7, 11) is 0. The third-order valence-corrected chi connectivity index (χ3v) is 0.536. The first-order chi connectivity index (χ1) is 5.18. The number of rotatable bonds is 2. The van der Waals surface area contributed by atoms with E-state index in [0.717, 1.165) is 6.08 Å². The van der Waals surface area contributed by atoms with Crippen LogP contribution >= 0.6 is 0 Å². The molecule has 0 aliphatic carbocycles. The molecule has 0 spiro atoms. The average Bonchev–Trinajstić information content (AvgIpc) is 1.89. The van der Waals surface area contributed by atoms with Crippen LogP contribution in [-0.2, 0) is 4.79 Å². The molecule has 1 N–H and O–H groups in total. The monoisotopic (exact) mass is 196 g/mol. The van der Waals surface area contributed by atoms with Crippen LogP contribution in [0.25, 0.3) is 0 Å². The van der Waals surface area contributed by atoms with E-state index in [1.54, 1.807) is 26.0 Å². The van der Waals surface area contributed by atoms with Gasteiger partial charge >= 0.3 is 51.4 Å². The quantitative estimate of drug-likeness (QED) is 0.289. The molecule has 0 heterocycles. The molecule has 0 aliphatic rings. The van der Waals surface area contributed by atoms with E-state index < -0.39 is 5.97 Å². The number of allylic oxidation sites excluding steroid dienone is 3. The molecule has 0 aromatic rings. The minimum atomic E-state index is -1.16. The second kappa shape index (κ2) is 17.6. The number of aliphatic hydroxyl groups excluding tert-OH is 1. The minimum absolute atomic E-state index is 0. The van der Waals surface area contributed by atoms with Gasteiger partial charge in [0.2, 0.25) is 0 Å². The summed E-state index contributed by atoms with van der Waals surface area (Å²) in [5.74, 6) is -1.16. The third kappa shape index (κ3) is 31.2. The summed E-state index contributed by atoms with van der Waals surface area (Å²) < 4.78 is 0. The Morgan fingerprint density at radius 3 is 2.17 bits per heavy atom. The standard InChI is InChI=1S/C6H8O2.C2H6O.K/c1-2-3-4-5-6(7)8;1-2-3;/h2-5H,1H3,(H,7,8);3H,2H2,1H3;/q;;+1/p-1. The van der Waals surface area contributed by atoms with Gasteiger partial charge in [-0.15, -0.1) is 0 Å². The fourth-order valence-electron chi connectivity index (χ4n) is 0.245. The van der Waals surface area contributed by atoms with Crippen LogP contribution in [0.2, 0.25) is 0 Å². The van der Waals surface area contributed by atoms with E-state index in [0.29, 0.717) is 0 Å². The summed E-state index contributed by atoms with van der Waals surface area (Å²) >= 11 is 0. The molecule has 0 rings (SSSR count). The van der Waals surface area contributed by atoms with Gasteiger partial charge in [-0.25, -0.2) is 0 Å². The van der Waals surface area contributed by atoms with Gasteiger partial charge in [-0.2, -0.15) is 0 Å². The number of hydrogen-bond donors (Lipinski definition) is 1. The molecule has 3 nitrogen and oxygen atoms in total. The number of carboxylic acid groups (broad SMARTS) is 1. The summed E-state index contributed by atoms with van der Waals surface area (Å²) in [5, 5.41) is 17.2. The smallest absolute Gasteiger partial charge is 0.545 e. The Bertz CT molecular complexity index is 141. The molecule has 64 valence electrons. The second-order valence-electron chi connectivity index (χ2n) is 1.52. The van der Waals surface area contributed by atoms with Gasteiger partial charge in [0, 0.05) is 6.61 Å². The molecule has 12 heavy (non-hydrogen) atoms. The van der Waals surface area contributed by atoms with Gasteiger partial charge in [0.1, 0.15) is 0 Å². The Hall–Kier alpha value is 0.546. The van der Waals surface area contributed by atoms with Crippen molar-refractivity contribution in [3.05, 3.63) is 24.3 Å². The predicted octanol–water partition coefficient (Wildman–Crippen LogP) is -3.13. The number of hydrogen-bond acceptors (Lipinski definition) is 3. The summed E-state index contributed by atoms with van der Waals surface area (Å²) in [5.41, 5.74) is 0. The van der Waals surface area contributed by atoms with E-state index in [9.17, 15) is 9.90 Å². The predicted molar refractivity (Wildman–Crippen MR) is 41.7 cm³/mol. The van der Waals surface area contributed by atoms with Crippen molar-refractivity contribution >= 4 is 5.97 Å². The van der Waals surface area contributed by atoms with Gasteiger partial charge < -0.3 is 15.0 Å². The molecule has 0 fully saturated rings. The summed E-state index contributed by atoms with van der Waals surface area (Å²) in [4.78, 5) is 9.64. The molecular weight excluding hydrogens is 183 g/mol. The zero-order chi connectivity index (χ0) is 9.11. The van der Waals surface area contributed by atoms with Gasteiger partial charge in [-0.1, -0.05) is 18.2 Å². The van der Waals surface area contributed by atoms with Gasteiger partial charge in [-0.3, -0.25) is 0 Å². The number of carbonyl (C=O) groups excluding carboxylic acids is 1. The number of carboxylic acids is 1. The van der Waals surface area contributed by atoms with Crippen molar-refractivity contribution in [2.24, 2.45) is 0 Å². The van der Waals surface area contributed by atoms with Crippen LogP contribution in [0.3, 0.4) is 0 Å². The van der Waals surface area contributed by atoms with Crippen LogP contribution < -0.4 is 56.5 Å². The maximum absolute atomic E-state index is 9.64. The largest absolute Gasteiger partial charge is 1.00 e. The van der Waals surface area contributed by atoms with E-state index in [-0.39, 0.29) is 58.0 Å². The zero-order valence-electron chi connectivity index (χ0n) is 7.78. The average molecular weight is 196 g/mol. The summed E-state index contributed by atoms with van der Waals surface area (Å²) in [6, 6.07) is 0. The number of carbonyl (C=O) groups is 1. The number of aliphatic carboxylic acids is 1. The first-order valence-electron chi connectivity index (χ1n) is 3.30. The van der Waals surface area contributed by atoms with Gasteiger partial charge in [0.25, 0.3) is 0 Å². The van der Waals surface area contributed by atoms with E-state index in [1.807, 2.05) is 0 Å². The summed E-state index contributed by atoms with van der Waals surface area (Å²) in [6.07, 6.45) is 5.74. The van der Waals surface area contributed by atoms with E-state index in [2.05, 4.69) is 0 Å². The molecule has 4 heteroatoms. The van der Waals surface area contributed by atoms with Gasteiger partial charge in [-0.05, 0) is 19.9 Å². The first-order valence-corrected chi connectivity index (χ1v) is 3.30. The summed E-state index contributed by atoms with van der Waals surface area (Å²) in [6.45, 7) is 3.74. The maximum atomic E-state index is 9.64. The molecule has 0 radical (unpaired) electrons. The molecular formula is C8H13KO3. The van der Waals surface area contributed by atoms with Crippen LogP contribution in [-0.4, -0.2) is 17.7 Å². The molecule has 0 saturated carbocycles. The maximum Gasteiger partial charge on any atom is 1.00 e. The normalized spacial score (nSPS) is 8.92. The Labute approximate surface area is 116 Å². The Morgan fingerprint density at radius 2 is 1.92 bits per heavy atom. The van der Waals surface area contributed by atoms with E-state index >= 15 is 0 Å². The molecule has 0 aromatic carbocycles. The van der Waals surface area contributed by atoms with Crippen LogP contribution in [0.4, 0.5) is 0 Å². The molecule has 0 atom stereocenters. The fourth-order valence-corrected chi connectivity index (χ4v) is 0.245. The van der Waals surface area contributed by atoms with Crippen LogP contribution in [0.5, 0.6) is 0 Å². The molecule has 0 aromatic heterocycles. The Balaban J connectivity index is -0.000000177. The molecule has 0 saturated heterocycles. The number of aliphatic hydroxyl groups is 1. The van der Waals surface area contributed by atoms with Gasteiger partial charge in [0.05, 0.1) is 5.97 Å². The van der Waals surface area contributed by atoms with Crippen molar-refractivity contribution < 1.29 is 66.4 Å². The molecule has 0 amide bonds. The van der Waals surface area contributed by atoms with Gasteiger partial charge in [0.15, 0.2) is 0 Å². The van der Waals surface area contributed by atoms with Crippen molar-refractivity contribution in [1.29, 1.82) is 0 Å². The Kier molecular flexibility index (Phi) is 26.9. The second-order valence-corrected chi connectivity index (χ2v) is 1.52. The fraction of sp³-hybridized carbons (Fsp3) is 0.375. The van der Waals surface area contributed by atoms with Crippen LogP contribution in [0.15, 0.2) is 24.3 Å². The van der Waals surface area contributed by atoms with Crippen molar-refractivity contribution in [2.45, 2.75) is 13.8 Å². The minimum Gasteiger partial charge on any atom is -0.545 e. The topological polar surface area (TPSA) is 60.4 Å². The third-order valence-electron chi connectivity index (χ3n) is 0.536. The Morgan fingerprint density at radius 1 is 1.50 bits per heavy atom.